The second-order valence-corrected chi connectivity index (χ2v) is 4.46. The van der Waals surface area contributed by atoms with Crippen LogP contribution in [0, 0.1) is 0 Å². The Morgan fingerprint density at radius 2 is 2.00 bits per heavy atom. The van der Waals surface area contributed by atoms with Crippen molar-refractivity contribution < 1.29 is 31.8 Å². The van der Waals surface area contributed by atoms with Crippen LogP contribution in [0.1, 0.15) is 23.7 Å². The molecule has 0 aromatic heterocycles. The van der Waals surface area contributed by atoms with Crippen LogP contribution in [-0.2, 0) is 0 Å². The van der Waals surface area contributed by atoms with Crippen molar-refractivity contribution in [2.24, 2.45) is 0 Å². The second-order valence-electron chi connectivity index (χ2n) is 4.46. The van der Waals surface area contributed by atoms with Gasteiger partial charge in [-0.3, -0.25) is 4.79 Å². The predicted octanol–water partition coefficient (Wildman–Crippen LogP) is 2.82. The van der Waals surface area contributed by atoms with E-state index < -0.39 is 24.3 Å². The number of ether oxygens (including phenoxy) is 2. The molecule has 4 nitrogen and oxygen atoms in total. The van der Waals surface area contributed by atoms with E-state index in [0.29, 0.717) is 11.5 Å². The molecule has 1 N–H and O–H groups in total. The van der Waals surface area contributed by atoms with Gasteiger partial charge in [-0.15, -0.1) is 0 Å². The van der Waals surface area contributed by atoms with Crippen LogP contribution in [0.3, 0.4) is 0 Å². The number of halogens is 4. The van der Waals surface area contributed by atoms with Crippen molar-refractivity contribution in [2.45, 2.75) is 31.9 Å². The number of ketones is 1. The third-order valence-corrected chi connectivity index (χ3v) is 3.02. The van der Waals surface area contributed by atoms with Gasteiger partial charge in [0.1, 0.15) is 0 Å². The summed E-state index contributed by atoms with van der Waals surface area (Å²) in [7, 11) is 0. The molecule has 0 fully saturated rings. The Kier molecular flexibility index (Phi) is 4.36. The number of Topliss-reactive ketones (excluding diaryl/α,β-unsaturated/α-hetero) is 1. The highest BCUT2D eigenvalue weighted by molar-refractivity contribution is 6.00. The van der Waals surface area contributed by atoms with Crippen LogP contribution < -0.4 is 14.8 Å². The molecule has 1 aliphatic rings. The lowest BCUT2D eigenvalue weighted by molar-refractivity contribution is -0.154. The third-order valence-electron chi connectivity index (χ3n) is 3.02. The average molecular weight is 307 g/mol. The van der Waals surface area contributed by atoms with Gasteiger partial charge < -0.3 is 9.47 Å². The Morgan fingerprint density at radius 3 is 2.62 bits per heavy atom. The van der Waals surface area contributed by atoms with Crippen molar-refractivity contribution in [1.82, 2.24) is 5.32 Å². The summed E-state index contributed by atoms with van der Waals surface area (Å²) in [4.78, 5) is 12.1. The molecule has 8 heteroatoms. The number of alkyl halides is 4. The highest BCUT2D eigenvalue weighted by Gasteiger charge is 2.43. The van der Waals surface area contributed by atoms with E-state index in [2.05, 4.69) is 0 Å². The standard InChI is InChI=1S/C13H13F4NO3/c1-2-8(18-13(16,17)12(14)15)11(19)7-3-4-9-10(5-7)21-6-20-9/h3-5,8,12,18H,2,6H2,1H3. The first-order chi connectivity index (χ1) is 9.85. The highest BCUT2D eigenvalue weighted by atomic mass is 19.3. The van der Waals surface area contributed by atoms with E-state index in [1.807, 2.05) is 0 Å². The lowest BCUT2D eigenvalue weighted by Gasteiger charge is -2.23. The maximum atomic E-state index is 13.0. The zero-order valence-corrected chi connectivity index (χ0v) is 11.0. The monoisotopic (exact) mass is 307 g/mol. The summed E-state index contributed by atoms with van der Waals surface area (Å²) in [6, 6.07) is -1.66. The Labute approximate surface area is 118 Å². The minimum Gasteiger partial charge on any atom is -0.454 e. The van der Waals surface area contributed by atoms with Gasteiger partial charge in [0.25, 0.3) is 0 Å². The van der Waals surface area contributed by atoms with Crippen molar-refractivity contribution in [2.75, 3.05) is 6.79 Å². The zero-order chi connectivity index (χ0) is 15.6. The van der Waals surface area contributed by atoms with Gasteiger partial charge in [-0.25, -0.2) is 14.1 Å². The number of rotatable bonds is 6. The van der Waals surface area contributed by atoms with Crippen molar-refractivity contribution in [3.63, 3.8) is 0 Å². The first-order valence-corrected chi connectivity index (χ1v) is 6.22. The van der Waals surface area contributed by atoms with E-state index in [1.165, 1.54) is 30.4 Å². The third kappa shape index (κ3) is 3.26. The molecule has 0 spiro atoms. The van der Waals surface area contributed by atoms with Crippen molar-refractivity contribution in [1.29, 1.82) is 0 Å². The van der Waals surface area contributed by atoms with Crippen LogP contribution in [0.15, 0.2) is 18.2 Å². The lowest BCUT2D eigenvalue weighted by atomic mass is 10.0. The van der Waals surface area contributed by atoms with E-state index in [-0.39, 0.29) is 18.8 Å². The van der Waals surface area contributed by atoms with E-state index >= 15 is 0 Å². The maximum absolute atomic E-state index is 13.0. The Morgan fingerprint density at radius 1 is 1.33 bits per heavy atom. The van der Waals surface area contributed by atoms with Gasteiger partial charge >= 0.3 is 12.5 Å². The van der Waals surface area contributed by atoms with Crippen LogP contribution >= 0.6 is 0 Å². The van der Waals surface area contributed by atoms with Crippen LogP contribution in [0.25, 0.3) is 0 Å². The molecule has 1 unspecified atom stereocenters. The summed E-state index contributed by atoms with van der Waals surface area (Å²) in [5.41, 5.74) is 0.0867. The molecule has 1 aliphatic heterocycles. The number of hydrogen-bond acceptors (Lipinski definition) is 4. The van der Waals surface area contributed by atoms with Gasteiger partial charge in [-0.05, 0) is 24.6 Å². The Bertz CT molecular complexity index is 536. The number of hydrogen-bond donors (Lipinski definition) is 1. The van der Waals surface area contributed by atoms with Gasteiger partial charge in [0.05, 0.1) is 6.04 Å². The molecule has 2 rings (SSSR count). The Balaban J connectivity index is 2.17. The van der Waals surface area contributed by atoms with E-state index in [9.17, 15) is 22.4 Å². The molecule has 1 aromatic carbocycles. The number of benzene rings is 1. The SMILES string of the molecule is CCC(NC(F)(F)C(F)F)C(=O)c1ccc2c(c1)OCO2. The van der Waals surface area contributed by atoms with Crippen molar-refractivity contribution in [3.05, 3.63) is 23.8 Å². The fourth-order valence-corrected chi connectivity index (χ4v) is 1.90. The molecule has 0 amide bonds. The molecular formula is C13H13F4NO3. The van der Waals surface area contributed by atoms with Gasteiger partial charge in [-0.1, -0.05) is 6.92 Å². The van der Waals surface area contributed by atoms with Crippen LogP contribution in [-0.4, -0.2) is 31.1 Å². The molecule has 0 saturated carbocycles. The largest absolute Gasteiger partial charge is 0.454 e. The number of carbonyl (C=O) groups is 1. The molecule has 0 radical (unpaired) electrons. The normalized spacial score (nSPS) is 15.3. The maximum Gasteiger partial charge on any atom is 0.363 e. The summed E-state index contributed by atoms with van der Waals surface area (Å²) in [6.45, 7) is 1.45. The summed E-state index contributed by atoms with van der Waals surface area (Å²) in [5.74, 6) is 0.0397. The summed E-state index contributed by atoms with van der Waals surface area (Å²) >= 11 is 0. The molecule has 1 aromatic rings. The van der Waals surface area contributed by atoms with Crippen molar-refractivity contribution >= 4 is 5.78 Å². The zero-order valence-electron chi connectivity index (χ0n) is 11.0. The smallest absolute Gasteiger partial charge is 0.363 e. The van der Waals surface area contributed by atoms with E-state index in [1.54, 1.807) is 0 Å². The molecule has 0 aliphatic carbocycles. The molecule has 1 atom stereocenters. The number of nitrogens with one attached hydrogen (secondary N) is 1. The fraction of sp³-hybridized carbons (Fsp3) is 0.462. The molecule has 21 heavy (non-hydrogen) atoms. The minimum absolute atomic E-state index is 0.00584. The minimum atomic E-state index is -4.42. The van der Waals surface area contributed by atoms with Crippen LogP contribution in [0.5, 0.6) is 11.5 Å². The van der Waals surface area contributed by atoms with Gasteiger partial charge in [-0.2, -0.15) is 8.78 Å². The molecule has 116 valence electrons. The van der Waals surface area contributed by atoms with Crippen LogP contribution in [0.4, 0.5) is 17.6 Å². The lowest BCUT2D eigenvalue weighted by Crippen LogP contribution is -2.51. The van der Waals surface area contributed by atoms with Crippen molar-refractivity contribution in [3.8, 4) is 11.5 Å². The molecule has 1 heterocycles. The number of carbonyl (C=O) groups excluding carboxylic acids is 1. The van der Waals surface area contributed by atoms with Gasteiger partial charge in [0.15, 0.2) is 17.3 Å². The Hall–Kier alpha value is -1.83. The summed E-state index contributed by atoms with van der Waals surface area (Å²) < 4.78 is 60.6. The van der Waals surface area contributed by atoms with Gasteiger partial charge in [0.2, 0.25) is 6.79 Å². The molecule has 0 bridgehead atoms. The van der Waals surface area contributed by atoms with Crippen LogP contribution in [0.2, 0.25) is 0 Å². The highest BCUT2D eigenvalue weighted by Crippen LogP contribution is 2.33. The number of fused-ring (bicyclic) bond motifs is 1. The summed E-state index contributed by atoms with van der Waals surface area (Å²) in [5, 5.41) is 1.40. The fourth-order valence-electron chi connectivity index (χ4n) is 1.90. The second kappa shape index (κ2) is 5.88. The summed E-state index contributed by atoms with van der Waals surface area (Å²) in [6.07, 6.45) is -3.95. The van der Waals surface area contributed by atoms with Gasteiger partial charge in [0, 0.05) is 5.56 Å². The molecule has 0 saturated heterocycles. The predicted molar refractivity (Wildman–Crippen MR) is 65.1 cm³/mol. The quantitative estimate of drug-likeness (QED) is 0.499. The topological polar surface area (TPSA) is 47.6 Å². The first-order valence-electron chi connectivity index (χ1n) is 6.22. The van der Waals surface area contributed by atoms with E-state index in [4.69, 9.17) is 9.47 Å². The molecular weight excluding hydrogens is 294 g/mol. The average Bonchev–Trinajstić information content (AvgIpc) is 2.91. The van der Waals surface area contributed by atoms with E-state index in [0.717, 1.165) is 0 Å². The first kappa shape index (κ1) is 15.6.